The van der Waals surface area contributed by atoms with Crippen LogP contribution in [0.3, 0.4) is 0 Å². The predicted molar refractivity (Wildman–Crippen MR) is 93.9 cm³/mol. The smallest absolute Gasteiger partial charge is 0.275 e. The van der Waals surface area contributed by atoms with Gasteiger partial charge >= 0.3 is 0 Å². The molecule has 1 N–H and O–H groups in total. The number of thiazole rings is 1. The zero-order valence-corrected chi connectivity index (χ0v) is 15.0. The van der Waals surface area contributed by atoms with Crippen molar-refractivity contribution in [2.24, 2.45) is 0 Å². The number of hydrogen-bond donors (Lipinski definition) is 1. The minimum Gasteiger partial charge on any atom is -0.321 e. The van der Waals surface area contributed by atoms with Crippen LogP contribution in [0.5, 0.6) is 0 Å². The number of hydrogen-bond acceptors (Lipinski definition) is 5. The Bertz CT molecular complexity index is 823. The Labute approximate surface area is 145 Å². The molecular weight excluding hydrogens is 346 g/mol. The maximum absolute atomic E-state index is 12.6. The van der Waals surface area contributed by atoms with E-state index in [1.807, 2.05) is 6.92 Å². The van der Waals surface area contributed by atoms with Gasteiger partial charge in [-0.2, -0.15) is 4.31 Å². The van der Waals surface area contributed by atoms with E-state index in [0.29, 0.717) is 24.5 Å². The summed E-state index contributed by atoms with van der Waals surface area (Å²) in [6.07, 6.45) is 2.88. The van der Waals surface area contributed by atoms with Crippen molar-refractivity contribution in [2.75, 3.05) is 18.4 Å². The van der Waals surface area contributed by atoms with Crippen molar-refractivity contribution < 1.29 is 13.2 Å². The van der Waals surface area contributed by atoms with Crippen LogP contribution < -0.4 is 5.32 Å². The fraction of sp³-hybridized carbons (Fsp3) is 0.375. The number of nitrogens with zero attached hydrogens (tertiary/aromatic N) is 2. The van der Waals surface area contributed by atoms with Gasteiger partial charge in [-0.25, -0.2) is 13.4 Å². The SMILES string of the molecule is Cc1nc(C(=O)Nc2ccc(S(=O)(=O)N3CCCCC3)cc2)cs1. The van der Waals surface area contributed by atoms with Crippen LogP contribution in [0, 0.1) is 6.92 Å². The quantitative estimate of drug-likeness (QED) is 0.903. The number of aryl methyl sites for hydroxylation is 1. The highest BCUT2D eigenvalue weighted by atomic mass is 32.2. The van der Waals surface area contributed by atoms with E-state index in [-0.39, 0.29) is 10.8 Å². The van der Waals surface area contributed by atoms with E-state index in [1.165, 1.54) is 27.8 Å². The van der Waals surface area contributed by atoms with Crippen LogP contribution in [-0.4, -0.2) is 36.7 Å². The number of carbonyl (C=O) groups is 1. The van der Waals surface area contributed by atoms with Gasteiger partial charge < -0.3 is 5.32 Å². The summed E-state index contributed by atoms with van der Waals surface area (Å²) in [6, 6.07) is 6.28. The predicted octanol–water partition coefficient (Wildman–Crippen LogP) is 2.88. The van der Waals surface area contributed by atoms with E-state index >= 15 is 0 Å². The van der Waals surface area contributed by atoms with Crippen LogP contribution in [0.25, 0.3) is 0 Å². The Morgan fingerprint density at radius 1 is 1.17 bits per heavy atom. The molecule has 1 aromatic heterocycles. The Kier molecular flexibility index (Phi) is 4.98. The summed E-state index contributed by atoms with van der Waals surface area (Å²) in [4.78, 5) is 16.4. The standard InChI is InChI=1S/C16H19N3O3S2/c1-12-17-15(11-23-12)16(20)18-13-5-7-14(8-6-13)24(21,22)19-9-3-2-4-10-19/h5-8,11H,2-4,9-10H2,1H3,(H,18,20). The molecule has 0 unspecified atom stereocenters. The molecule has 2 aromatic rings. The number of anilines is 1. The lowest BCUT2D eigenvalue weighted by molar-refractivity contribution is 0.102. The molecule has 8 heteroatoms. The molecule has 0 aliphatic carbocycles. The van der Waals surface area contributed by atoms with Crippen LogP contribution >= 0.6 is 11.3 Å². The van der Waals surface area contributed by atoms with Crippen molar-refractivity contribution in [3.8, 4) is 0 Å². The summed E-state index contributed by atoms with van der Waals surface area (Å²) < 4.78 is 26.7. The third-order valence-electron chi connectivity index (χ3n) is 3.92. The van der Waals surface area contributed by atoms with Crippen molar-refractivity contribution in [3.63, 3.8) is 0 Å². The van der Waals surface area contributed by atoms with Crippen LogP contribution in [0.2, 0.25) is 0 Å². The lowest BCUT2D eigenvalue weighted by Gasteiger charge is -2.25. The molecule has 24 heavy (non-hydrogen) atoms. The number of carbonyl (C=O) groups excluding carboxylic acids is 1. The minimum atomic E-state index is -3.45. The van der Waals surface area contributed by atoms with E-state index in [9.17, 15) is 13.2 Å². The van der Waals surface area contributed by atoms with Gasteiger partial charge in [-0.3, -0.25) is 4.79 Å². The van der Waals surface area contributed by atoms with Crippen LogP contribution in [0.4, 0.5) is 5.69 Å². The molecule has 2 heterocycles. The molecule has 128 valence electrons. The highest BCUT2D eigenvalue weighted by molar-refractivity contribution is 7.89. The molecule has 0 bridgehead atoms. The fourth-order valence-electron chi connectivity index (χ4n) is 2.63. The Morgan fingerprint density at radius 3 is 2.42 bits per heavy atom. The van der Waals surface area contributed by atoms with Crippen LogP contribution in [0.1, 0.15) is 34.8 Å². The lowest BCUT2D eigenvalue weighted by Crippen LogP contribution is -2.35. The molecule has 0 spiro atoms. The maximum atomic E-state index is 12.6. The first-order chi connectivity index (χ1) is 11.5. The van der Waals surface area contributed by atoms with Gasteiger partial charge in [0.1, 0.15) is 5.69 Å². The summed E-state index contributed by atoms with van der Waals surface area (Å²) >= 11 is 1.41. The average Bonchev–Trinajstić information content (AvgIpc) is 3.03. The van der Waals surface area contributed by atoms with Crippen molar-refractivity contribution in [3.05, 3.63) is 40.3 Å². The van der Waals surface area contributed by atoms with Crippen molar-refractivity contribution in [1.82, 2.24) is 9.29 Å². The molecule has 1 aliphatic heterocycles. The van der Waals surface area contributed by atoms with E-state index in [4.69, 9.17) is 0 Å². The Morgan fingerprint density at radius 2 is 1.83 bits per heavy atom. The fourth-order valence-corrected chi connectivity index (χ4v) is 4.74. The Balaban J connectivity index is 1.72. The average molecular weight is 365 g/mol. The molecule has 1 aromatic carbocycles. The van der Waals surface area contributed by atoms with Gasteiger partial charge in [-0.1, -0.05) is 6.42 Å². The summed E-state index contributed by atoms with van der Waals surface area (Å²) in [7, 11) is -3.45. The molecule has 1 fully saturated rings. The van der Waals surface area contributed by atoms with Gasteiger partial charge in [0.2, 0.25) is 10.0 Å². The summed E-state index contributed by atoms with van der Waals surface area (Å²) in [5, 5.41) is 5.24. The van der Waals surface area contributed by atoms with E-state index in [0.717, 1.165) is 24.3 Å². The first-order valence-corrected chi connectivity index (χ1v) is 10.1. The minimum absolute atomic E-state index is 0.256. The molecule has 0 radical (unpaired) electrons. The first-order valence-electron chi connectivity index (χ1n) is 7.80. The molecule has 1 amide bonds. The maximum Gasteiger partial charge on any atom is 0.275 e. The van der Waals surface area contributed by atoms with Gasteiger partial charge in [0.15, 0.2) is 0 Å². The van der Waals surface area contributed by atoms with Crippen molar-refractivity contribution in [2.45, 2.75) is 31.1 Å². The number of rotatable bonds is 4. The topological polar surface area (TPSA) is 79.4 Å². The molecule has 1 aliphatic rings. The van der Waals surface area contributed by atoms with Gasteiger partial charge in [-0.05, 0) is 44.0 Å². The lowest BCUT2D eigenvalue weighted by atomic mass is 10.2. The third-order valence-corrected chi connectivity index (χ3v) is 6.60. The first kappa shape index (κ1) is 17.1. The second-order valence-corrected chi connectivity index (χ2v) is 8.70. The number of piperidine rings is 1. The number of amides is 1. The second-order valence-electron chi connectivity index (χ2n) is 5.70. The van der Waals surface area contributed by atoms with E-state index < -0.39 is 10.0 Å². The Hall–Kier alpha value is -1.77. The highest BCUT2D eigenvalue weighted by Gasteiger charge is 2.25. The molecule has 1 saturated heterocycles. The van der Waals surface area contributed by atoms with Gasteiger partial charge in [-0.15, -0.1) is 11.3 Å². The summed E-state index contributed by atoms with van der Waals surface area (Å²) in [5.74, 6) is -0.300. The molecule has 0 atom stereocenters. The molecule has 3 rings (SSSR count). The molecule has 6 nitrogen and oxygen atoms in total. The summed E-state index contributed by atoms with van der Waals surface area (Å²) in [5.41, 5.74) is 0.908. The zero-order valence-electron chi connectivity index (χ0n) is 13.4. The summed E-state index contributed by atoms with van der Waals surface area (Å²) in [6.45, 7) is 2.98. The zero-order chi connectivity index (χ0) is 17.2. The molecule has 0 saturated carbocycles. The normalized spacial score (nSPS) is 16.0. The van der Waals surface area contributed by atoms with Gasteiger partial charge in [0.05, 0.1) is 9.90 Å². The van der Waals surface area contributed by atoms with Gasteiger partial charge in [0, 0.05) is 24.2 Å². The molecular formula is C16H19N3O3S2. The van der Waals surface area contributed by atoms with E-state index in [1.54, 1.807) is 17.5 Å². The largest absolute Gasteiger partial charge is 0.321 e. The van der Waals surface area contributed by atoms with Crippen LogP contribution in [0.15, 0.2) is 34.5 Å². The van der Waals surface area contributed by atoms with Crippen LogP contribution in [-0.2, 0) is 10.0 Å². The number of sulfonamides is 1. The van der Waals surface area contributed by atoms with Gasteiger partial charge in [0.25, 0.3) is 5.91 Å². The van der Waals surface area contributed by atoms with Crippen molar-refractivity contribution in [1.29, 1.82) is 0 Å². The number of aromatic nitrogens is 1. The number of benzene rings is 1. The monoisotopic (exact) mass is 365 g/mol. The highest BCUT2D eigenvalue weighted by Crippen LogP contribution is 2.22. The van der Waals surface area contributed by atoms with E-state index in [2.05, 4.69) is 10.3 Å². The van der Waals surface area contributed by atoms with Crippen molar-refractivity contribution >= 4 is 33.0 Å². The third kappa shape index (κ3) is 3.66. The number of nitrogens with one attached hydrogen (secondary N) is 1. The second kappa shape index (κ2) is 7.00.